The van der Waals surface area contributed by atoms with Crippen LogP contribution in [0.5, 0.6) is 5.75 Å². The van der Waals surface area contributed by atoms with E-state index < -0.39 is 11.7 Å². The molecule has 9 heteroatoms. The van der Waals surface area contributed by atoms with Crippen LogP contribution in [0.2, 0.25) is 0 Å². The number of benzene rings is 1. The Hall–Kier alpha value is -0.840. The second kappa shape index (κ2) is 9.75. The van der Waals surface area contributed by atoms with E-state index in [1.807, 2.05) is 16.7 Å². The molecule has 4 nitrogen and oxygen atoms in total. The summed E-state index contributed by atoms with van der Waals surface area (Å²) in [5.41, 5.74) is 5.27. The van der Waals surface area contributed by atoms with Crippen molar-refractivity contribution in [3.63, 3.8) is 0 Å². The van der Waals surface area contributed by atoms with Crippen molar-refractivity contribution >= 4 is 41.7 Å². The Kier molecular flexibility index (Phi) is 8.66. The molecule has 25 heavy (non-hydrogen) atoms. The number of aliphatic imine (C=N–C) groups is 1. The van der Waals surface area contributed by atoms with Crippen LogP contribution < -0.4 is 10.5 Å². The molecular formula is C16H23F3IN3OS. The third-order valence-corrected chi connectivity index (χ3v) is 4.45. The molecule has 142 valence electrons. The predicted octanol–water partition coefficient (Wildman–Crippen LogP) is 3.97. The lowest BCUT2D eigenvalue weighted by Crippen LogP contribution is -2.42. The Morgan fingerprint density at radius 1 is 1.32 bits per heavy atom. The van der Waals surface area contributed by atoms with Gasteiger partial charge in [0.25, 0.3) is 0 Å². The highest BCUT2D eigenvalue weighted by Crippen LogP contribution is 2.35. The SMILES string of the molecule is CC(C)Oc1ccc(CN=C(N)N2CCSCC2)c(C(F)(F)F)c1.I. The molecule has 1 aliphatic rings. The zero-order valence-corrected chi connectivity index (χ0v) is 17.3. The third kappa shape index (κ3) is 6.76. The van der Waals surface area contributed by atoms with E-state index in [1.54, 1.807) is 13.8 Å². The van der Waals surface area contributed by atoms with Crippen LogP contribution in [0.15, 0.2) is 23.2 Å². The number of halogens is 4. The van der Waals surface area contributed by atoms with Gasteiger partial charge in [-0.1, -0.05) is 6.07 Å². The fraction of sp³-hybridized carbons (Fsp3) is 0.562. The Balaban J connectivity index is 0.00000312. The normalized spacial score (nSPS) is 15.9. The molecule has 0 spiro atoms. The smallest absolute Gasteiger partial charge is 0.416 e. The van der Waals surface area contributed by atoms with Crippen LogP contribution in [0.3, 0.4) is 0 Å². The minimum absolute atomic E-state index is 0. The molecule has 0 amide bonds. The quantitative estimate of drug-likeness (QED) is 0.395. The van der Waals surface area contributed by atoms with Crippen molar-refractivity contribution in [1.82, 2.24) is 4.90 Å². The van der Waals surface area contributed by atoms with Gasteiger partial charge in [0, 0.05) is 24.6 Å². The van der Waals surface area contributed by atoms with Gasteiger partial charge >= 0.3 is 6.18 Å². The number of ether oxygens (including phenoxy) is 1. The molecule has 0 unspecified atom stereocenters. The highest BCUT2D eigenvalue weighted by Gasteiger charge is 2.33. The Labute approximate surface area is 167 Å². The lowest BCUT2D eigenvalue weighted by Gasteiger charge is -2.27. The molecule has 0 radical (unpaired) electrons. The van der Waals surface area contributed by atoms with Gasteiger partial charge in [-0.3, -0.25) is 0 Å². The number of nitrogens with zero attached hydrogens (tertiary/aromatic N) is 2. The van der Waals surface area contributed by atoms with Crippen LogP contribution in [0.25, 0.3) is 0 Å². The summed E-state index contributed by atoms with van der Waals surface area (Å²) in [5.74, 6) is 2.40. The second-order valence-electron chi connectivity index (χ2n) is 5.76. The maximum absolute atomic E-state index is 13.3. The Morgan fingerprint density at radius 3 is 2.52 bits per heavy atom. The van der Waals surface area contributed by atoms with Crippen LogP contribution in [-0.2, 0) is 12.7 Å². The minimum Gasteiger partial charge on any atom is -0.491 e. The van der Waals surface area contributed by atoms with E-state index in [1.165, 1.54) is 12.1 Å². The van der Waals surface area contributed by atoms with Crippen molar-refractivity contribution in [1.29, 1.82) is 0 Å². The van der Waals surface area contributed by atoms with E-state index >= 15 is 0 Å². The second-order valence-corrected chi connectivity index (χ2v) is 6.98. The molecular weight excluding hydrogens is 466 g/mol. The van der Waals surface area contributed by atoms with Crippen molar-refractivity contribution < 1.29 is 17.9 Å². The van der Waals surface area contributed by atoms with Crippen LogP contribution >= 0.6 is 35.7 Å². The minimum atomic E-state index is -4.46. The summed E-state index contributed by atoms with van der Waals surface area (Å²) in [6, 6.07) is 3.97. The molecule has 0 bridgehead atoms. The van der Waals surface area contributed by atoms with Gasteiger partial charge in [0.15, 0.2) is 5.96 Å². The zero-order chi connectivity index (χ0) is 17.7. The van der Waals surface area contributed by atoms with Crippen molar-refractivity contribution in [3.8, 4) is 5.75 Å². The van der Waals surface area contributed by atoms with Gasteiger partial charge in [-0.05, 0) is 31.5 Å². The number of hydrogen-bond donors (Lipinski definition) is 1. The summed E-state index contributed by atoms with van der Waals surface area (Å²) >= 11 is 1.83. The summed E-state index contributed by atoms with van der Waals surface area (Å²) in [4.78, 5) is 6.06. The van der Waals surface area contributed by atoms with Crippen LogP contribution in [0.4, 0.5) is 13.2 Å². The molecule has 2 N–H and O–H groups in total. The summed E-state index contributed by atoms with van der Waals surface area (Å²) in [5, 5.41) is 0. The van der Waals surface area contributed by atoms with Gasteiger partial charge in [0.05, 0.1) is 18.2 Å². The van der Waals surface area contributed by atoms with Crippen LogP contribution in [0.1, 0.15) is 25.0 Å². The van der Waals surface area contributed by atoms with Crippen molar-refractivity contribution in [2.24, 2.45) is 10.7 Å². The average Bonchev–Trinajstić information content (AvgIpc) is 2.52. The first-order chi connectivity index (χ1) is 11.3. The topological polar surface area (TPSA) is 50.9 Å². The van der Waals surface area contributed by atoms with Crippen molar-refractivity contribution in [2.75, 3.05) is 24.6 Å². The predicted molar refractivity (Wildman–Crippen MR) is 107 cm³/mol. The number of nitrogens with two attached hydrogens (primary N) is 1. The standard InChI is InChI=1S/C16H22F3N3OS.HI/c1-11(2)23-13-4-3-12(14(9-13)16(17,18)19)10-21-15(20)22-5-7-24-8-6-22;/h3-4,9,11H,5-8,10H2,1-2H3,(H2,20,21);1H. The van der Waals surface area contributed by atoms with E-state index in [0.717, 1.165) is 30.7 Å². The summed E-state index contributed by atoms with van der Waals surface area (Å²) in [6.45, 7) is 4.97. The first-order valence-electron chi connectivity index (χ1n) is 7.76. The summed E-state index contributed by atoms with van der Waals surface area (Å²) < 4.78 is 45.2. The van der Waals surface area contributed by atoms with E-state index in [-0.39, 0.29) is 47.9 Å². The molecule has 0 aliphatic carbocycles. The van der Waals surface area contributed by atoms with E-state index in [4.69, 9.17) is 10.5 Å². The molecule has 1 aromatic rings. The van der Waals surface area contributed by atoms with Gasteiger partial charge in [0.1, 0.15) is 5.75 Å². The average molecular weight is 489 g/mol. The molecule has 1 saturated heterocycles. The van der Waals surface area contributed by atoms with Crippen LogP contribution in [-0.4, -0.2) is 41.6 Å². The van der Waals surface area contributed by atoms with Crippen molar-refractivity contribution in [3.05, 3.63) is 29.3 Å². The molecule has 0 saturated carbocycles. The first kappa shape index (κ1) is 22.2. The van der Waals surface area contributed by atoms with Gasteiger partial charge in [-0.15, -0.1) is 24.0 Å². The van der Waals surface area contributed by atoms with Crippen molar-refractivity contribution in [2.45, 2.75) is 32.7 Å². The molecule has 1 fully saturated rings. The maximum Gasteiger partial charge on any atom is 0.416 e. The van der Waals surface area contributed by atoms with Gasteiger partial charge in [-0.2, -0.15) is 24.9 Å². The molecule has 1 aromatic carbocycles. The highest BCUT2D eigenvalue weighted by atomic mass is 127. The number of thioether (sulfide) groups is 1. The molecule has 0 atom stereocenters. The number of hydrogen-bond acceptors (Lipinski definition) is 3. The molecule has 0 aromatic heterocycles. The van der Waals surface area contributed by atoms with Gasteiger partial charge < -0.3 is 15.4 Å². The zero-order valence-electron chi connectivity index (χ0n) is 14.2. The summed E-state index contributed by atoms with van der Waals surface area (Å²) in [7, 11) is 0. The van der Waals surface area contributed by atoms with E-state index in [0.29, 0.717) is 5.96 Å². The van der Waals surface area contributed by atoms with Gasteiger partial charge in [-0.25, -0.2) is 4.99 Å². The highest BCUT2D eigenvalue weighted by molar-refractivity contribution is 14.0. The number of guanidine groups is 1. The Bertz CT molecular complexity index is 590. The molecule has 1 heterocycles. The van der Waals surface area contributed by atoms with Gasteiger partial charge in [0.2, 0.25) is 0 Å². The molecule has 1 aliphatic heterocycles. The number of alkyl halides is 3. The summed E-state index contributed by atoms with van der Waals surface area (Å²) in [6.07, 6.45) is -4.65. The number of rotatable bonds is 4. The van der Waals surface area contributed by atoms with E-state index in [9.17, 15) is 13.2 Å². The van der Waals surface area contributed by atoms with Crippen LogP contribution in [0, 0.1) is 0 Å². The monoisotopic (exact) mass is 489 g/mol. The molecule has 2 rings (SSSR count). The first-order valence-corrected chi connectivity index (χ1v) is 8.92. The third-order valence-electron chi connectivity index (χ3n) is 3.50. The fourth-order valence-corrected chi connectivity index (χ4v) is 3.26. The lowest BCUT2D eigenvalue weighted by molar-refractivity contribution is -0.138. The largest absolute Gasteiger partial charge is 0.491 e. The maximum atomic E-state index is 13.3. The fourth-order valence-electron chi connectivity index (χ4n) is 2.36. The Morgan fingerprint density at radius 2 is 1.96 bits per heavy atom. The lowest BCUT2D eigenvalue weighted by atomic mass is 10.1. The van der Waals surface area contributed by atoms with E-state index in [2.05, 4.69) is 4.99 Å².